The first kappa shape index (κ1) is 65.4. The van der Waals surface area contributed by atoms with Crippen molar-refractivity contribution in [3.63, 3.8) is 0 Å². The van der Waals surface area contributed by atoms with Crippen LogP contribution in [0.4, 0.5) is 0 Å². The van der Waals surface area contributed by atoms with Crippen molar-refractivity contribution < 1.29 is 28.6 Å². The molecule has 0 bridgehead atoms. The smallest absolute Gasteiger partial charge is 0.306 e. The predicted octanol–water partition coefficient (Wildman–Crippen LogP) is 20.2. The average Bonchev–Trinajstić information content (AvgIpc) is 3.31. The van der Waals surface area contributed by atoms with Crippen molar-refractivity contribution >= 4 is 17.9 Å². The molecule has 0 unspecified atom stereocenters. The highest BCUT2D eigenvalue weighted by Gasteiger charge is 2.19. The largest absolute Gasteiger partial charge is 0.462 e. The van der Waals surface area contributed by atoms with Crippen LogP contribution in [0.5, 0.6) is 0 Å². The van der Waals surface area contributed by atoms with Crippen molar-refractivity contribution in [2.45, 2.75) is 355 Å². The maximum atomic E-state index is 12.9. The molecule has 0 heterocycles. The maximum Gasteiger partial charge on any atom is 0.306 e. The first-order valence-electron chi connectivity index (χ1n) is 30.4. The number of hydrogen-bond donors (Lipinski definition) is 0. The van der Waals surface area contributed by atoms with Gasteiger partial charge in [-0.05, 0) is 25.2 Å². The van der Waals surface area contributed by atoms with Crippen LogP contribution >= 0.6 is 0 Å². The molecule has 0 saturated heterocycles. The topological polar surface area (TPSA) is 78.9 Å². The van der Waals surface area contributed by atoms with Crippen LogP contribution in [0.25, 0.3) is 0 Å². The fraction of sp³-hybridized carbons (Fsp3) is 0.951. The summed E-state index contributed by atoms with van der Waals surface area (Å²) in [5.74, 6) is -0.0258. The Morgan fingerprint density at radius 1 is 0.284 bits per heavy atom. The van der Waals surface area contributed by atoms with Gasteiger partial charge in [0.15, 0.2) is 6.10 Å². The number of carbonyl (C=O) groups excluding carboxylic acids is 3. The highest BCUT2D eigenvalue weighted by atomic mass is 16.6. The molecule has 6 heteroatoms. The Hall–Kier alpha value is -1.59. The van der Waals surface area contributed by atoms with Gasteiger partial charge in [0.05, 0.1) is 0 Å². The summed E-state index contributed by atoms with van der Waals surface area (Å²) < 4.78 is 16.9. The van der Waals surface area contributed by atoms with Gasteiger partial charge in [-0.15, -0.1) is 0 Å². The summed E-state index contributed by atoms with van der Waals surface area (Å²) in [5.41, 5.74) is 0. The summed E-state index contributed by atoms with van der Waals surface area (Å²) in [5, 5.41) is 0. The predicted molar refractivity (Wildman–Crippen MR) is 289 cm³/mol. The molecule has 0 aromatic rings. The van der Waals surface area contributed by atoms with Crippen LogP contribution in [0.15, 0.2) is 0 Å². The molecule has 0 rings (SSSR count). The molecule has 0 aliphatic carbocycles. The quantitative estimate of drug-likeness (QED) is 0.0343. The standard InChI is InChI=1S/C61H118O6/c1-5-7-9-11-13-15-17-19-21-23-25-27-28-30-32-36-40-44-48-52-59(62)65-55-58(56-66-60(63)53-49-45-41-38-34-35-39-43-47-51-57(3)4)67-61(64)54-50-46-42-37-33-31-29-26-24-22-20-18-16-14-12-10-8-6-2/h57-58H,5-56H2,1-4H3/t58-/m0/s1. The minimum Gasteiger partial charge on any atom is -0.462 e. The third kappa shape index (κ3) is 55.2. The number of ether oxygens (including phenoxy) is 3. The van der Waals surface area contributed by atoms with Crippen molar-refractivity contribution in [1.82, 2.24) is 0 Å². The van der Waals surface area contributed by atoms with Crippen molar-refractivity contribution in [1.29, 1.82) is 0 Å². The molecular formula is C61H118O6. The van der Waals surface area contributed by atoms with Crippen LogP contribution in [0.1, 0.15) is 349 Å². The zero-order valence-corrected chi connectivity index (χ0v) is 45.9. The molecule has 0 saturated carbocycles. The molecule has 67 heavy (non-hydrogen) atoms. The third-order valence-corrected chi connectivity index (χ3v) is 14.0. The van der Waals surface area contributed by atoms with Gasteiger partial charge in [0, 0.05) is 19.3 Å². The Morgan fingerprint density at radius 2 is 0.493 bits per heavy atom. The molecule has 398 valence electrons. The molecular weight excluding hydrogens is 829 g/mol. The molecule has 0 spiro atoms. The number of hydrogen-bond acceptors (Lipinski definition) is 6. The van der Waals surface area contributed by atoms with E-state index in [-0.39, 0.29) is 31.1 Å². The van der Waals surface area contributed by atoms with Crippen LogP contribution in [-0.2, 0) is 28.6 Å². The lowest BCUT2D eigenvalue weighted by Gasteiger charge is -2.18. The fourth-order valence-corrected chi connectivity index (χ4v) is 9.46. The molecule has 0 fully saturated rings. The Morgan fingerprint density at radius 3 is 0.731 bits per heavy atom. The zero-order valence-electron chi connectivity index (χ0n) is 45.9. The van der Waals surface area contributed by atoms with Crippen LogP contribution in [0.2, 0.25) is 0 Å². The van der Waals surface area contributed by atoms with Crippen molar-refractivity contribution in [3.05, 3.63) is 0 Å². The molecule has 1 atom stereocenters. The zero-order chi connectivity index (χ0) is 48.8. The van der Waals surface area contributed by atoms with Crippen molar-refractivity contribution in [3.8, 4) is 0 Å². The van der Waals surface area contributed by atoms with E-state index in [4.69, 9.17) is 14.2 Å². The highest BCUT2D eigenvalue weighted by molar-refractivity contribution is 5.71. The van der Waals surface area contributed by atoms with Gasteiger partial charge in [-0.1, -0.05) is 310 Å². The molecule has 0 amide bonds. The van der Waals surface area contributed by atoms with E-state index in [1.54, 1.807) is 0 Å². The lowest BCUT2D eigenvalue weighted by atomic mass is 10.0. The third-order valence-electron chi connectivity index (χ3n) is 14.0. The monoisotopic (exact) mass is 947 g/mol. The number of carbonyl (C=O) groups is 3. The summed E-state index contributed by atoms with van der Waals surface area (Å²) in [6.07, 6.45) is 61.1. The van der Waals surface area contributed by atoms with E-state index in [0.29, 0.717) is 19.3 Å². The first-order valence-corrected chi connectivity index (χ1v) is 30.4. The molecule has 0 aliphatic rings. The molecule has 0 aromatic heterocycles. The van der Waals surface area contributed by atoms with Gasteiger partial charge in [-0.25, -0.2) is 0 Å². The lowest BCUT2D eigenvalue weighted by molar-refractivity contribution is -0.167. The number of esters is 3. The SMILES string of the molecule is CCCCCCCCCCCCCCCCCCCCCC(=O)OC[C@@H](COC(=O)CCCCCCCCCCCC(C)C)OC(=O)CCCCCCCCCCCCCCCCCCCC. The lowest BCUT2D eigenvalue weighted by Crippen LogP contribution is -2.30. The fourth-order valence-electron chi connectivity index (χ4n) is 9.46. The van der Waals surface area contributed by atoms with E-state index in [1.807, 2.05) is 0 Å². The molecule has 0 N–H and O–H groups in total. The minimum atomic E-state index is -0.762. The maximum absolute atomic E-state index is 12.9. The average molecular weight is 948 g/mol. The molecule has 0 aliphatic heterocycles. The summed E-state index contributed by atoms with van der Waals surface area (Å²) in [6, 6.07) is 0. The van der Waals surface area contributed by atoms with E-state index in [9.17, 15) is 14.4 Å². The molecule has 0 aromatic carbocycles. The summed E-state index contributed by atoms with van der Waals surface area (Å²) >= 11 is 0. The Labute approximate surface area is 418 Å². The Balaban J connectivity index is 4.25. The van der Waals surface area contributed by atoms with E-state index >= 15 is 0 Å². The Bertz CT molecular complexity index is 1010. The van der Waals surface area contributed by atoms with Crippen molar-refractivity contribution in [2.75, 3.05) is 13.2 Å². The van der Waals surface area contributed by atoms with E-state index in [0.717, 1.165) is 63.7 Å². The van der Waals surface area contributed by atoms with Gasteiger partial charge >= 0.3 is 17.9 Å². The summed E-state index contributed by atoms with van der Waals surface area (Å²) in [4.78, 5) is 38.2. The van der Waals surface area contributed by atoms with Gasteiger partial charge in [-0.2, -0.15) is 0 Å². The first-order chi connectivity index (χ1) is 32.9. The minimum absolute atomic E-state index is 0.0619. The molecule has 6 nitrogen and oxygen atoms in total. The second kappa shape index (κ2) is 55.3. The van der Waals surface area contributed by atoms with Crippen LogP contribution in [0.3, 0.4) is 0 Å². The van der Waals surface area contributed by atoms with Crippen LogP contribution in [0, 0.1) is 5.92 Å². The second-order valence-corrected chi connectivity index (χ2v) is 21.5. The van der Waals surface area contributed by atoms with Gasteiger partial charge in [0.1, 0.15) is 13.2 Å². The molecule has 0 radical (unpaired) electrons. The normalized spacial score (nSPS) is 12.0. The second-order valence-electron chi connectivity index (χ2n) is 21.5. The Kier molecular flexibility index (Phi) is 54.0. The van der Waals surface area contributed by atoms with Gasteiger partial charge < -0.3 is 14.2 Å². The van der Waals surface area contributed by atoms with Crippen LogP contribution < -0.4 is 0 Å². The van der Waals surface area contributed by atoms with Gasteiger partial charge in [-0.3, -0.25) is 14.4 Å². The number of rotatable bonds is 56. The summed E-state index contributed by atoms with van der Waals surface area (Å²) in [6.45, 7) is 9.05. The number of unbranched alkanes of at least 4 members (excludes halogenated alkanes) is 43. The van der Waals surface area contributed by atoms with E-state index < -0.39 is 6.10 Å². The van der Waals surface area contributed by atoms with E-state index in [1.165, 1.54) is 244 Å². The van der Waals surface area contributed by atoms with Crippen LogP contribution in [-0.4, -0.2) is 37.2 Å². The van der Waals surface area contributed by atoms with Crippen molar-refractivity contribution in [2.24, 2.45) is 5.92 Å². The van der Waals surface area contributed by atoms with Gasteiger partial charge in [0.2, 0.25) is 0 Å². The van der Waals surface area contributed by atoms with Gasteiger partial charge in [0.25, 0.3) is 0 Å². The highest BCUT2D eigenvalue weighted by Crippen LogP contribution is 2.18. The van der Waals surface area contributed by atoms with E-state index in [2.05, 4.69) is 27.7 Å². The summed E-state index contributed by atoms with van der Waals surface area (Å²) in [7, 11) is 0.